The smallest absolute Gasteiger partial charge is 0.170 e. The first kappa shape index (κ1) is 12.0. The average Bonchev–Trinajstić information content (AvgIpc) is 2.65. The van der Waals surface area contributed by atoms with E-state index in [1.165, 1.54) is 24.3 Å². The van der Waals surface area contributed by atoms with Gasteiger partial charge in [-0.3, -0.25) is 4.79 Å². The van der Waals surface area contributed by atoms with E-state index in [4.69, 9.17) is 0 Å². The minimum atomic E-state index is -0.590. The number of carbonyl (C=O) groups excluding carboxylic acids is 1. The third-order valence-corrected chi connectivity index (χ3v) is 7.15. The van der Waals surface area contributed by atoms with Gasteiger partial charge in [0, 0.05) is 11.3 Å². The fourth-order valence-corrected chi connectivity index (χ4v) is 5.58. The Labute approximate surface area is 100 Å². The largest absolute Gasteiger partial charge is 0.293 e. The highest BCUT2D eigenvalue weighted by Gasteiger charge is 2.27. The van der Waals surface area contributed by atoms with Crippen molar-refractivity contribution in [2.75, 3.05) is 23.5 Å². The molecule has 1 unspecified atom stereocenters. The van der Waals surface area contributed by atoms with Gasteiger partial charge in [-0.25, -0.2) is 10.0 Å². The molecule has 0 aromatic rings. The molecule has 0 spiro atoms. The maximum absolute atomic E-state index is 12.2. The van der Waals surface area contributed by atoms with E-state index in [9.17, 15) is 4.79 Å². The van der Waals surface area contributed by atoms with Crippen LogP contribution in [0, 0.1) is 5.92 Å². The lowest BCUT2D eigenvalue weighted by Crippen LogP contribution is -2.16. The van der Waals surface area contributed by atoms with E-state index in [0.717, 1.165) is 17.7 Å². The molecule has 0 saturated carbocycles. The molecule has 90 valence electrons. The van der Waals surface area contributed by atoms with Crippen molar-refractivity contribution < 1.29 is 4.79 Å². The number of hydrogen-bond acceptors (Lipinski definition) is 1. The summed E-state index contributed by atoms with van der Waals surface area (Å²) in [5.41, 5.74) is 0.971. The Morgan fingerprint density at radius 3 is 2.69 bits per heavy atom. The van der Waals surface area contributed by atoms with Gasteiger partial charge in [0.05, 0.1) is 0 Å². The Balaban J connectivity index is 1.96. The number of carbonyl (C=O) groups is 1. The summed E-state index contributed by atoms with van der Waals surface area (Å²) in [7, 11) is -0.590. The Morgan fingerprint density at radius 1 is 1.44 bits per heavy atom. The van der Waals surface area contributed by atoms with E-state index in [1.807, 2.05) is 6.08 Å². The molecular formula is C14H22OS. The van der Waals surface area contributed by atoms with E-state index in [1.54, 1.807) is 0 Å². The predicted octanol–water partition coefficient (Wildman–Crippen LogP) is 3.31. The number of allylic oxidation sites excluding steroid dienone is 4. The lowest BCUT2D eigenvalue weighted by atomic mass is 9.97. The normalized spacial score (nSPS) is 29.9. The summed E-state index contributed by atoms with van der Waals surface area (Å²) >= 11 is 0. The standard InChI is InChI=1S/C14H22OS/c1-12-5-7-13(8-6-12)14(15)11-16(2)9-3-4-10-16/h5,7-8,12H,3-4,6,9-11H2,1-2H3. The van der Waals surface area contributed by atoms with Gasteiger partial charge in [0.1, 0.15) is 0 Å². The van der Waals surface area contributed by atoms with Crippen LogP contribution in [0.25, 0.3) is 0 Å². The average molecular weight is 238 g/mol. The van der Waals surface area contributed by atoms with Crippen LogP contribution in [0.4, 0.5) is 0 Å². The van der Waals surface area contributed by atoms with Gasteiger partial charge in [0.15, 0.2) is 5.78 Å². The van der Waals surface area contributed by atoms with Gasteiger partial charge in [-0.05, 0) is 42.9 Å². The first-order chi connectivity index (χ1) is 7.59. The van der Waals surface area contributed by atoms with Gasteiger partial charge in [-0.1, -0.05) is 25.2 Å². The second-order valence-electron chi connectivity index (χ2n) is 5.39. The number of rotatable bonds is 3. The van der Waals surface area contributed by atoms with E-state index in [2.05, 4.69) is 25.3 Å². The van der Waals surface area contributed by atoms with Crippen LogP contribution in [0.5, 0.6) is 0 Å². The van der Waals surface area contributed by atoms with Crippen molar-refractivity contribution in [3.05, 3.63) is 23.8 Å². The topological polar surface area (TPSA) is 17.1 Å². The van der Waals surface area contributed by atoms with Crippen LogP contribution < -0.4 is 0 Å². The zero-order valence-corrected chi connectivity index (χ0v) is 11.2. The van der Waals surface area contributed by atoms with Crippen LogP contribution in [0.1, 0.15) is 26.2 Å². The Bertz CT molecular complexity index is 335. The second kappa shape index (κ2) is 4.79. The summed E-state index contributed by atoms with van der Waals surface area (Å²) in [4.78, 5) is 12.2. The number of ketones is 1. The van der Waals surface area contributed by atoms with Gasteiger partial charge in [0.25, 0.3) is 0 Å². The molecule has 1 heterocycles. The van der Waals surface area contributed by atoms with Gasteiger partial charge >= 0.3 is 0 Å². The van der Waals surface area contributed by atoms with Crippen LogP contribution in [-0.2, 0) is 4.79 Å². The Hall–Kier alpha value is -0.500. The van der Waals surface area contributed by atoms with Crippen molar-refractivity contribution in [3.63, 3.8) is 0 Å². The van der Waals surface area contributed by atoms with Gasteiger partial charge < -0.3 is 0 Å². The summed E-state index contributed by atoms with van der Waals surface area (Å²) in [6.07, 6.45) is 12.4. The highest BCUT2D eigenvalue weighted by Crippen LogP contribution is 2.50. The zero-order chi connectivity index (χ0) is 11.6. The molecule has 0 N–H and O–H groups in total. The summed E-state index contributed by atoms with van der Waals surface area (Å²) < 4.78 is 0. The van der Waals surface area contributed by atoms with E-state index in [-0.39, 0.29) is 0 Å². The van der Waals surface area contributed by atoms with Crippen molar-refractivity contribution in [1.29, 1.82) is 0 Å². The van der Waals surface area contributed by atoms with Crippen molar-refractivity contribution in [1.82, 2.24) is 0 Å². The van der Waals surface area contributed by atoms with Crippen molar-refractivity contribution in [2.45, 2.75) is 26.2 Å². The first-order valence-electron chi connectivity index (χ1n) is 6.22. The van der Waals surface area contributed by atoms with Gasteiger partial charge in [-0.15, -0.1) is 0 Å². The van der Waals surface area contributed by atoms with Crippen molar-refractivity contribution in [3.8, 4) is 0 Å². The summed E-state index contributed by atoms with van der Waals surface area (Å²) in [6.45, 7) is 2.19. The van der Waals surface area contributed by atoms with E-state index < -0.39 is 10.0 Å². The molecule has 1 fully saturated rings. The zero-order valence-electron chi connectivity index (χ0n) is 10.4. The Kier molecular flexibility index (Phi) is 3.58. The molecule has 2 heteroatoms. The van der Waals surface area contributed by atoms with E-state index in [0.29, 0.717) is 11.7 Å². The summed E-state index contributed by atoms with van der Waals surface area (Å²) in [6, 6.07) is 0. The van der Waals surface area contributed by atoms with Crippen LogP contribution >= 0.6 is 10.0 Å². The number of Topliss-reactive ketones (excluding diaryl/α,β-unsaturated/α-hetero) is 1. The molecule has 1 nitrogen and oxygen atoms in total. The van der Waals surface area contributed by atoms with Crippen molar-refractivity contribution in [2.24, 2.45) is 5.92 Å². The molecule has 0 radical (unpaired) electrons. The van der Waals surface area contributed by atoms with Crippen LogP contribution in [-0.4, -0.2) is 29.3 Å². The molecular weight excluding hydrogens is 216 g/mol. The minimum absolute atomic E-state index is 0.391. The van der Waals surface area contributed by atoms with E-state index >= 15 is 0 Å². The first-order valence-corrected chi connectivity index (χ1v) is 8.77. The fraction of sp³-hybridized carbons (Fsp3) is 0.643. The molecule has 1 aliphatic carbocycles. The third kappa shape index (κ3) is 2.79. The molecule has 0 amide bonds. The lowest BCUT2D eigenvalue weighted by molar-refractivity contribution is -0.113. The van der Waals surface area contributed by atoms with Crippen LogP contribution in [0.3, 0.4) is 0 Å². The SMILES string of the molecule is CC1C=CC(C(=O)CS2(C)CCCC2)=CC1. The Morgan fingerprint density at radius 2 is 2.12 bits per heavy atom. The van der Waals surface area contributed by atoms with Crippen LogP contribution in [0.15, 0.2) is 23.8 Å². The predicted molar refractivity (Wildman–Crippen MR) is 73.4 cm³/mol. The minimum Gasteiger partial charge on any atom is -0.293 e. The van der Waals surface area contributed by atoms with Gasteiger partial charge in [-0.2, -0.15) is 0 Å². The number of hydrogen-bond donors (Lipinski definition) is 0. The summed E-state index contributed by atoms with van der Waals surface area (Å²) in [5.74, 6) is 4.45. The molecule has 2 rings (SSSR count). The van der Waals surface area contributed by atoms with Crippen molar-refractivity contribution >= 4 is 15.8 Å². The van der Waals surface area contributed by atoms with Gasteiger partial charge in [0.2, 0.25) is 0 Å². The molecule has 0 aromatic carbocycles. The molecule has 0 bridgehead atoms. The molecule has 2 aliphatic rings. The lowest BCUT2D eigenvalue weighted by Gasteiger charge is -2.29. The highest BCUT2D eigenvalue weighted by molar-refractivity contribution is 8.33. The maximum atomic E-state index is 12.2. The molecule has 1 saturated heterocycles. The second-order valence-corrected chi connectivity index (χ2v) is 9.45. The van der Waals surface area contributed by atoms with Crippen LogP contribution in [0.2, 0.25) is 0 Å². The fourth-order valence-electron chi connectivity index (χ4n) is 2.48. The quantitative estimate of drug-likeness (QED) is 0.737. The molecule has 16 heavy (non-hydrogen) atoms. The summed E-state index contributed by atoms with van der Waals surface area (Å²) in [5, 5.41) is 0. The monoisotopic (exact) mass is 238 g/mol. The highest BCUT2D eigenvalue weighted by atomic mass is 32.3. The third-order valence-electron chi connectivity index (χ3n) is 3.64. The molecule has 1 aliphatic heterocycles. The maximum Gasteiger partial charge on any atom is 0.170 e. The molecule has 0 aromatic heterocycles. The molecule has 1 atom stereocenters.